The number of piperidine rings is 1. The van der Waals surface area contributed by atoms with E-state index < -0.39 is 0 Å². The number of rotatable bonds is 5. The highest BCUT2D eigenvalue weighted by Gasteiger charge is 2.46. The van der Waals surface area contributed by atoms with E-state index in [-0.39, 0.29) is 29.0 Å². The van der Waals surface area contributed by atoms with E-state index >= 15 is 0 Å². The smallest absolute Gasteiger partial charge is 0.332 e. The first-order valence-electron chi connectivity index (χ1n) is 9.57. The molecule has 3 heterocycles. The van der Waals surface area contributed by atoms with Crippen LogP contribution in [-0.4, -0.2) is 31.6 Å². The number of aryl methyl sites for hydroxylation is 1. The summed E-state index contributed by atoms with van der Waals surface area (Å²) in [6.45, 7) is 5.50. The van der Waals surface area contributed by atoms with Crippen molar-refractivity contribution < 1.29 is 4.79 Å². The second kappa shape index (κ2) is 6.41. The largest absolute Gasteiger partial charge is 0.356 e. The van der Waals surface area contributed by atoms with E-state index in [0.717, 1.165) is 19.3 Å². The van der Waals surface area contributed by atoms with Crippen molar-refractivity contribution in [3.63, 3.8) is 0 Å². The Morgan fingerprint density at radius 3 is 2.54 bits per heavy atom. The summed E-state index contributed by atoms with van der Waals surface area (Å²) in [4.78, 5) is 45.7. The normalized spacial score (nSPS) is 25.0. The Morgan fingerprint density at radius 1 is 1.08 bits per heavy atom. The summed E-state index contributed by atoms with van der Waals surface area (Å²) in [7, 11) is 0. The van der Waals surface area contributed by atoms with Gasteiger partial charge in [0.05, 0.1) is 0 Å². The number of hydrogen-bond donors (Lipinski definition) is 2. The third kappa shape index (κ3) is 2.42. The maximum absolute atomic E-state index is 12.8. The van der Waals surface area contributed by atoms with E-state index in [2.05, 4.69) is 15.3 Å². The monoisotopic (exact) mass is 359 g/mol. The topological polar surface area (TPSA) is 102 Å². The number of H-pyrrole nitrogens is 1. The average molecular weight is 359 g/mol. The first-order chi connectivity index (χ1) is 12.6. The lowest BCUT2D eigenvalue weighted by atomic mass is 9.85. The summed E-state index contributed by atoms with van der Waals surface area (Å²) in [5.41, 5.74) is 0.182. The molecule has 4 rings (SSSR count). The lowest BCUT2D eigenvalue weighted by Crippen LogP contribution is -2.42. The zero-order valence-corrected chi connectivity index (χ0v) is 15.2. The Hall–Kier alpha value is -2.38. The van der Waals surface area contributed by atoms with Crippen LogP contribution in [0, 0.1) is 11.8 Å². The van der Waals surface area contributed by atoms with Crippen LogP contribution in [0.5, 0.6) is 0 Å². The molecule has 3 unspecified atom stereocenters. The van der Waals surface area contributed by atoms with E-state index in [4.69, 9.17) is 0 Å². The SMILES string of the molecule is CCCn1c(=O)c2nc(C3C4CCC3C(=O)NC4)[nH]c2n(CCC)c1=O. The Kier molecular flexibility index (Phi) is 4.20. The van der Waals surface area contributed by atoms with Crippen molar-refractivity contribution in [3.05, 3.63) is 26.7 Å². The van der Waals surface area contributed by atoms with Gasteiger partial charge in [0.2, 0.25) is 5.91 Å². The van der Waals surface area contributed by atoms with Crippen molar-refractivity contribution in [2.75, 3.05) is 6.54 Å². The van der Waals surface area contributed by atoms with Crippen LogP contribution in [0.3, 0.4) is 0 Å². The number of carbonyl (C=O) groups excluding carboxylic acids is 1. The van der Waals surface area contributed by atoms with E-state index in [9.17, 15) is 14.4 Å². The molecule has 2 N–H and O–H groups in total. The molecule has 1 saturated carbocycles. The number of fused-ring (bicyclic) bond motifs is 3. The molecule has 2 aliphatic rings. The minimum Gasteiger partial charge on any atom is -0.356 e. The van der Waals surface area contributed by atoms with Crippen molar-refractivity contribution in [2.24, 2.45) is 11.8 Å². The Balaban J connectivity index is 1.91. The molecule has 0 radical (unpaired) electrons. The van der Waals surface area contributed by atoms with Crippen molar-refractivity contribution in [2.45, 2.75) is 58.5 Å². The van der Waals surface area contributed by atoms with Crippen LogP contribution in [0.15, 0.2) is 9.59 Å². The Labute approximate surface area is 150 Å². The lowest BCUT2D eigenvalue weighted by Gasteiger charge is -2.28. The summed E-state index contributed by atoms with van der Waals surface area (Å²) >= 11 is 0. The Bertz CT molecular complexity index is 970. The molecular weight excluding hydrogens is 334 g/mol. The van der Waals surface area contributed by atoms with Crippen LogP contribution in [0.2, 0.25) is 0 Å². The van der Waals surface area contributed by atoms with E-state index in [0.29, 0.717) is 49.0 Å². The van der Waals surface area contributed by atoms with E-state index in [1.54, 1.807) is 4.57 Å². The molecule has 1 saturated heterocycles. The van der Waals surface area contributed by atoms with Gasteiger partial charge >= 0.3 is 5.69 Å². The minimum atomic E-state index is -0.339. The zero-order valence-electron chi connectivity index (χ0n) is 15.2. The van der Waals surface area contributed by atoms with Gasteiger partial charge in [-0.15, -0.1) is 0 Å². The fourth-order valence-electron chi connectivity index (χ4n) is 4.57. The molecule has 1 aliphatic heterocycles. The number of nitrogens with one attached hydrogen (secondary N) is 2. The summed E-state index contributed by atoms with van der Waals surface area (Å²) in [5, 5.41) is 2.95. The summed E-state index contributed by atoms with van der Waals surface area (Å²) in [5.74, 6) is 0.984. The first-order valence-corrected chi connectivity index (χ1v) is 9.57. The van der Waals surface area contributed by atoms with Crippen molar-refractivity contribution in [1.82, 2.24) is 24.4 Å². The van der Waals surface area contributed by atoms with Crippen molar-refractivity contribution >= 4 is 17.1 Å². The van der Waals surface area contributed by atoms with Gasteiger partial charge in [0.25, 0.3) is 5.56 Å². The first kappa shape index (κ1) is 17.1. The molecule has 26 heavy (non-hydrogen) atoms. The van der Waals surface area contributed by atoms with Gasteiger partial charge in [0.15, 0.2) is 5.52 Å². The third-order valence-corrected chi connectivity index (χ3v) is 5.76. The fourth-order valence-corrected chi connectivity index (χ4v) is 4.57. The number of aromatic nitrogens is 4. The van der Waals surface area contributed by atoms with Crippen LogP contribution in [-0.2, 0) is 17.9 Å². The fraction of sp³-hybridized carbons (Fsp3) is 0.667. The second-order valence-corrected chi connectivity index (χ2v) is 7.43. The molecule has 3 atom stereocenters. The predicted octanol–water partition coefficient (Wildman–Crippen LogP) is 0.946. The Morgan fingerprint density at radius 2 is 1.81 bits per heavy atom. The van der Waals surface area contributed by atoms with Crippen LogP contribution in [0.25, 0.3) is 11.2 Å². The van der Waals surface area contributed by atoms with E-state index in [1.807, 2.05) is 13.8 Å². The number of amides is 1. The number of carbonyl (C=O) groups is 1. The summed E-state index contributed by atoms with van der Waals surface area (Å²) < 4.78 is 2.90. The van der Waals surface area contributed by atoms with Crippen LogP contribution >= 0.6 is 0 Å². The maximum Gasteiger partial charge on any atom is 0.332 e. The number of nitrogens with zero attached hydrogens (tertiary/aromatic N) is 3. The molecule has 2 aromatic heterocycles. The van der Waals surface area contributed by atoms with Gasteiger partial charge in [-0.3, -0.25) is 18.7 Å². The van der Waals surface area contributed by atoms with E-state index in [1.165, 1.54) is 4.57 Å². The van der Waals surface area contributed by atoms with Gasteiger partial charge in [-0.05, 0) is 31.6 Å². The quantitative estimate of drug-likeness (QED) is 0.830. The summed E-state index contributed by atoms with van der Waals surface area (Å²) in [6.07, 6.45) is 3.31. The highest BCUT2D eigenvalue weighted by molar-refractivity contribution is 5.81. The molecule has 140 valence electrons. The highest BCUT2D eigenvalue weighted by Crippen LogP contribution is 2.45. The number of hydrogen-bond acceptors (Lipinski definition) is 4. The van der Waals surface area contributed by atoms with Gasteiger partial charge < -0.3 is 10.3 Å². The summed E-state index contributed by atoms with van der Waals surface area (Å²) in [6, 6.07) is 0. The molecule has 1 aliphatic carbocycles. The molecule has 0 spiro atoms. The van der Waals surface area contributed by atoms with Gasteiger partial charge in [-0.1, -0.05) is 13.8 Å². The van der Waals surface area contributed by atoms with Crippen LogP contribution in [0.1, 0.15) is 51.3 Å². The van der Waals surface area contributed by atoms with Crippen molar-refractivity contribution in [1.29, 1.82) is 0 Å². The highest BCUT2D eigenvalue weighted by atomic mass is 16.2. The minimum absolute atomic E-state index is 0.000328. The predicted molar refractivity (Wildman–Crippen MR) is 97.2 cm³/mol. The number of aromatic amines is 1. The number of imidazole rings is 1. The molecule has 8 heteroatoms. The van der Waals surface area contributed by atoms with Gasteiger partial charge in [0, 0.05) is 31.5 Å². The molecule has 0 aromatic carbocycles. The standard InChI is InChI=1S/C18H25N5O3/c1-3-7-22-15-13(17(25)23(8-4-2)18(22)26)20-14(21-15)12-10-5-6-11(12)16(24)19-9-10/h10-12H,3-9H2,1-2H3,(H,19,24)(H,20,21). The van der Waals surface area contributed by atoms with Gasteiger partial charge in [-0.25, -0.2) is 9.78 Å². The van der Waals surface area contributed by atoms with Gasteiger partial charge in [-0.2, -0.15) is 0 Å². The van der Waals surface area contributed by atoms with Crippen molar-refractivity contribution in [3.8, 4) is 0 Å². The maximum atomic E-state index is 12.8. The second-order valence-electron chi connectivity index (χ2n) is 7.43. The molecule has 2 fully saturated rings. The van der Waals surface area contributed by atoms with Crippen LogP contribution in [0.4, 0.5) is 0 Å². The third-order valence-electron chi connectivity index (χ3n) is 5.76. The van der Waals surface area contributed by atoms with Crippen LogP contribution < -0.4 is 16.6 Å². The molecule has 2 bridgehead atoms. The molecule has 1 amide bonds. The zero-order chi connectivity index (χ0) is 18.4. The molecular formula is C18H25N5O3. The average Bonchev–Trinajstić information content (AvgIpc) is 3.19. The molecule has 8 nitrogen and oxygen atoms in total. The van der Waals surface area contributed by atoms with Gasteiger partial charge in [0.1, 0.15) is 11.5 Å². The molecule has 2 aromatic rings. The lowest BCUT2D eigenvalue weighted by molar-refractivity contribution is -0.126.